The van der Waals surface area contributed by atoms with Gasteiger partial charge in [0, 0.05) is 42.8 Å². The first kappa shape index (κ1) is 20.8. The zero-order chi connectivity index (χ0) is 22.1. The van der Waals surface area contributed by atoms with Crippen molar-refractivity contribution in [3.05, 3.63) is 81.7 Å². The Morgan fingerprint density at radius 3 is 2.62 bits per heavy atom. The summed E-state index contributed by atoms with van der Waals surface area (Å²) in [6, 6.07) is 19.5. The van der Waals surface area contributed by atoms with Crippen LogP contribution in [-0.4, -0.2) is 46.5 Å². The molecule has 1 saturated heterocycles. The number of hydrogen-bond donors (Lipinski definition) is 2. The zero-order valence-electron chi connectivity index (χ0n) is 17.7. The molecular formula is C25H25ClN4O2. The number of piperidine rings is 1. The van der Waals surface area contributed by atoms with Gasteiger partial charge >= 0.3 is 5.69 Å². The molecule has 2 heterocycles. The van der Waals surface area contributed by atoms with Gasteiger partial charge in [-0.2, -0.15) is 0 Å². The average molecular weight is 449 g/mol. The van der Waals surface area contributed by atoms with E-state index in [1.807, 2.05) is 59.2 Å². The Morgan fingerprint density at radius 2 is 1.81 bits per heavy atom. The molecule has 3 aromatic carbocycles. The van der Waals surface area contributed by atoms with Crippen LogP contribution in [0.2, 0.25) is 5.02 Å². The van der Waals surface area contributed by atoms with E-state index in [1.54, 1.807) is 6.07 Å². The van der Waals surface area contributed by atoms with E-state index in [0.29, 0.717) is 17.1 Å². The number of hydrogen-bond acceptors (Lipinski definition) is 3. The molecule has 2 N–H and O–H groups in total. The third-order valence-electron chi connectivity index (χ3n) is 6.33. The molecule has 0 spiro atoms. The Kier molecular flexibility index (Phi) is 5.72. The van der Waals surface area contributed by atoms with Gasteiger partial charge in [0.2, 0.25) is 0 Å². The van der Waals surface area contributed by atoms with Crippen LogP contribution in [0.1, 0.15) is 29.2 Å². The Balaban J connectivity index is 1.15. The van der Waals surface area contributed by atoms with Gasteiger partial charge in [-0.05, 0) is 53.9 Å². The minimum atomic E-state index is -0.0802. The van der Waals surface area contributed by atoms with Crippen molar-refractivity contribution in [1.82, 2.24) is 19.8 Å². The van der Waals surface area contributed by atoms with E-state index in [4.69, 9.17) is 11.6 Å². The lowest BCUT2D eigenvalue weighted by Crippen LogP contribution is -2.41. The second kappa shape index (κ2) is 8.81. The van der Waals surface area contributed by atoms with Crippen LogP contribution in [0.4, 0.5) is 0 Å². The molecule has 1 aromatic heterocycles. The average Bonchev–Trinajstić information content (AvgIpc) is 3.13. The topological polar surface area (TPSA) is 70.1 Å². The molecular weight excluding hydrogens is 424 g/mol. The third kappa shape index (κ3) is 4.16. The molecule has 1 amide bonds. The molecule has 4 aromatic rings. The van der Waals surface area contributed by atoms with Crippen molar-refractivity contribution >= 4 is 39.3 Å². The molecule has 7 heteroatoms. The minimum absolute atomic E-state index is 0.0466. The van der Waals surface area contributed by atoms with Crippen molar-refractivity contribution < 1.29 is 4.79 Å². The summed E-state index contributed by atoms with van der Waals surface area (Å²) in [4.78, 5) is 30.3. The molecule has 0 aliphatic carbocycles. The lowest BCUT2D eigenvalue weighted by molar-refractivity contribution is 0.0944. The summed E-state index contributed by atoms with van der Waals surface area (Å²) in [6.45, 7) is 3.18. The van der Waals surface area contributed by atoms with Crippen LogP contribution in [-0.2, 0) is 0 Å². The van der Waals surface area contributed by atoms with Gasteiger partial charge in [-0.3, -0.25) is 9.36 Å². The van der Waals surface area contributed by atoms with Gasteiger partial charge in [-0.15, -0.1) is 0 Å². The maximum atomic E-state index is 12.5. The Labute approximate surface area is 190 Å². The number of amides is 1. The fourth-order valence-corrected chi connectivity index (χ4v) is 4.80. The number of nitrogens with one attached hydrogen (secondary N) is 2. The van der Waals surface area contributed by atoms with Crippen LogP contribution < -0.4 is 11.0 Å². The quantitative estimate of drug-likeness (QED) is 0.480. The van der Waals surface area contributed by atoms with Gasteiger partial charge in [0.1, 0.15) is 0 Å². The summed E-state index contributed by atoms with van der Waals surface area (Å²) in [5.74, 6) is -0.0466. The van der Waals surface area contributed by atoms with Gasteiger partial charge in [-0.1, -0.05) is 41.9 Å². The van der Waals surface area contributed by atoms with Gasteiger partial charge < -0.3 is 15.2 Å². The number of carbonyl (C=O) groups is 1. The molecule has 32 heavy (non-hydrogen) atoms. The summed E-state index contributed by atoms with van der Waals surface area (Å²) >= 11 is 6.05. The first-order valence-corrected chi connectivity index (χ1v) is 11.4. The number of imidazole rings is 1. The number of aromatic nitrogens is 2. The van der Waals surface area contributed by atoms with Crippen LogP contribution in [0, 0.1) is 0 Å². The van der Waals surface area contributed by atoms with Crippen molar-refractivity contribution in [3.63, 3.8) is 0 Å². The zero-order valence-corrected chi connectivity index (χ0v) is 18.4. The molecule has 6 nitrogen and oxygen atoms in total. The SMILES string of the molecule is O=C(NCCN1CCC(n2c(=O)[nH]c3cc(Cl)ccc32)CC1)c1ccc2ccccc2c1. The summed E-state index contributed by atoms with van der Waals surface area (Å²) < 4.78 is 1.87. The molecule has 5 rings (SSSR count). The van der Waals surface area contributed by atoms with Crippen LogP contribution >= 0.6 is 11.6 Å². The normalized spacial score (nSPS) is 15.4. The van der Waals surface area contributed by atoms with Gasteiger partial charge in [0.15, 0.2) is 0 Å². The number of likely N-dealkylation sites (tertiary alicyclic amines) is 1. The number of fused-ring (bicyclic) bond motifs is 2. The second-order valence-electron chi connectivity index (χ2n) is 8.35. The fourth-order valence-electron chi connectivity index (χ4n) is 4.63. The number of rotatable bonds is 5. The van der Waals surface area contributed by atoms with E-state index in [-0.39, 0.29) is 17.6 Å². The Hall–Kier alpha value is -3.09. The number of nitrogens with zero attached hydrogens (tertiary/aromatic N) is 2. The van der Waals surface area contributed by atoms with Crippen molar-refractivity contribution in [2.75, 3.05) is 26.2 Å². The highest BCUT2D eigenvalue weighted by molar-refractivity contribution is 6.31. The smallest absolute Gasteiger partial charge is 0.326 e. The van der Waals surface area contributed by atoms with E-state index in [0.717, 1.165) is 54.3 Å². The lowest BCUT2D eigenvalue weighted by Gasteiger charge is -2.32. The van der Waals surface area contributed by atoms with Crippen LogP contribution in [0.25, 0.3) is 21.8 Å². The largest absolute Gasteiger partial charge is 0.351 e. The van der Waals surface area contributed by atoms with E-state index >= 15 is 0 Å². The second-order valence-corrected chi connectivity index (χ2v) is 8.79. The minimum Gasteiger partial charge on any atom is -0.351 e. The molecule has 0 radical (unpaired) electrons. The summed E-state index contributed by atoms with van der Waals surface area (Å²) in [5.41, 5.74) is 2.28. The number of aromatic amines is 1. The van der Waals surface area contributed by atoms with E-state index in [1.165, 1.54) is 0 Å². The van der Waals surface area contributed by atoms with Crippen molar-refractivity contribution in [1.29, 1.82) is 0 Å². The lowest BCUT2D eigenvalue weighted by atomic mass is 10.0. The first-order chi connectivity index (χ1) is 15.6. The molecule has 1 aliphatic rings. The maximum absolute atomic E-state index is 12.5. The summed E-state index contributed by atoms with van der Waals surface area (Å²) in [7, 11) is 0. The highest BCUT2D eigenvalue weighted by Gasteiger charge is 2.23. The highest BCUT2D eigenvalue weighted by Crippen LogP contribution is 2.26. The molecule has 1 fully saturated rings. The molecule has 164 valence electrons. The standard InChI is InChI=1S/C25H25ClN4O2/c26-20-7-8-23-22(16-20)28-25(32)30(23)21-9-12-29(13-10-21)14-11-27-24(31)19-6-5-17-3-1-2-4-18(17)15-19/h1-8,15-16,21H,9-14H2,(H,27,31)(H,28,32). The predicted octanol–water partition coefficient (Wildman–Crippen LogP) is 4.20. The summed E-state index contributed by atoms with van der Waals surface area (Å²) in [6.07, 6.45) is 1.79. The monoisotopic (exact) mass is 448 g/mol. The van der Waals surface area contributed by atoms with Gasteiger partial charge in [0.25, 0.3) is 5.91 Å². The van der Waals surface area contributed by atoms with Crippen LogP contribution in [0.5, 0.6) is 0 Å². The molecule has 0 atom stereocenters. The molecule has 0 saturated carbocycles. The van der Waals surface area contributed by atoms with E-state index < -0.39 is 0 Å². The van der Waals surface area contributed by atoms with Gasteiger partial charge in [-0.25, -0.2) is 4.79 Å². The van der Waals surface area contributed by atoms with Crippen LogP contribution in [0.15, 0.2) is 65.5 Å². The molecule has 0 unspecified atom stereocenters. The molecule has 1 aliphatic heterocycles. The van der Waals surface area contributed by atoms with Gasteiger partial charge in [0.05, 0.1) is 11.0 Å². The van der Waals surface area contributed by atoms with E-state index in [2.05, 4.69) is 15.2 Å². The summed E-state index contributed by atoms with van der Waals surface area (Å²) in [5, 5.41) is 5.85. The van der Waals surface area contributed by atoms with Crippen molar-refractivity contribution in [2.45, 2.75) is 18.9 Å². The molecule has 0 bridgehead atoms. The van der Waals surface area contributed by atoms with Crippen molar-refractivity contribution in [3.8, 4) is 0 Å². The van der Waals surface area contributed by atoms with E-state index in [9.17, 15) is 9.59 Å². The van der Waals surface area contributed by atoms with Crippen LogP contribution in [0.3, 0.4) is 0 Å². The maximum Gasteiger partial charge on any atom is 0.326 e. The number of benzene rings is 3. The highest BCUT2D eigenvalue weighted by atomic mass is 35.5. The predicted molar refractivity (Wildman–Crippen MR) is 129 cm³/mol. The first-order valence-electron chi connectivity index (χ1n) is 11.0. The van der Waals surface area contributed by atoms with Crippen molar-refractivity contribution in [2.24, 2.45) is 0 Å². The number of carbonyl (C=O) groups excluding carboxylic acids is 1. The Morgan fingerprint density at radius 1 is 1.03 bits per heavy atom. The number of halogens is 1. The number of H-pyrrole nitrogens is 1. The third-order valence-corrected chi connectivity index (χ3v) is 6.56. The Bertz CT molecular complexity index is 1330. The fraction of sp³-hybridized carbons (Fsp3) is 0.280.